The molecule has 0 atom stereocenters. The Bertz CT molecular complexity index is 423. The third-order valence-electron chi connectivity index (χ3n) is 2.03. The maximum Gasteiger partial charge on any atom is 0.153 e. The van der Waals surface area contributed by atoms with Crippen LogP contribution in [0.25, 0.3) is 5.57 Å². The van der Waals surface area contributed by atoms with E-state index in [1.54, 1.807) is 18.3 Å². The van der Waals surface area contributed by atoms with E-state index in [1.165, 1.54) is 12.3 Å². The maximum absolute atomic E-state index is 13.7. The number of rotatable bonds is 3. The van der Waals surface area contributed by atoms with Crippen LogP contribution in [0.4, 0.5) is 10.1 Å². The van der Waals surface area contributed by atoms with Gasteiger partial charge in [0.15, 0.2) is 5.82 Å². The van der Waals surface area contributed by atoms with Crippen molar-refractivity contribution in [2.24, 2.45) is 10.7 Å². The van der Waals surface area contributed by atoms with Crippen molar-refractivity contribution in [3.8, 4) is 0 Å². The van der Waals surface area contributed by atoms with Gasteiger partial charge in [-0.3, -0.25) is 4.99 Å². The van der Waals surface area contributed by atoms with E-state index < -0.39 is 5.82 Å². The van der Waals surface area contributed by atoms with Crippen LogP contribution in [0.2, 0.25) is 0 Å². The van der Waals surface area contributed by atoms with Crippen LogP contribution in [-0.2, 0) is 0 Å². The molecule has 1 rings (SSSR count). The smallest absolute Gasteiger partial charge is 0.153 e. The number of benzene rings is 1. The van der Waals surface area contributed by atoms with E-state index in [4.69, 9.17) is 11.5 Å². The lowest BCUT2D eigenvalue weighted by atomic mass is 10.1. The molecule has 0 radical (unpaired) electrons. The molecule has 0 saturated carbocycles. The van der Waals surface area contributed by atoms with Crippen molar-refractivity contribution in [2.75, 3.05) is 5.73 Å². The van der Waals surface area contributed by atoms with Crippen LogP contribution >= 0.6 is 0 Å². The first-order valence-electron chi connectivity index (χ1n) is 6.05. The second-order valence-electron chi connectivity index (χ2n) is 3.70. The molecule has 0 fully saturated rings. The first kappa shape index (κ1) is 16.2. The third kappa shape index (κ3) is 4.57. The molecule has 0 amide bonds. The second-order valence-corrected chi connectivity index (χ2v) is 3.70. The highest BCUT2D eigenvalue weighted by Crippen LogP contribution is 2.20. The quantitative estimate of drug-likeness (QED) is 0.640. The lowest BCUT2D eigenvalue weighted by molar-refractivity contribution is 0.629. The van der Waals surface area contributed by atoms with E-state index in [2.05, 4.69) is 4.99 Å². The summed E-state index contributed by atoms with van der Waals surface area (Å²) in [6, 6.07) is 4.95. The van der Waals surface area contributed by atoms with Gasteiger partial charge in [0, 0.05) is 29.6 Å². The molecule has 0 spiro atoms. The summed E-state index contributed by atoms with van der Waals surface area (Å²) < 4.78 is 13.7. The molecular weight excluding hydrogens is 229 g/mol. The zero-order valence-corrected chi connectivity index (χ0v) is 11.4. The fourth-order valence-electron chi connectivity index (χ4n) is 1.20. The number of anilines is 1. The van der Waals surface area contributed by atoms with Crippen molar-refractivity contribution in [3.05, 3.63) is 35.8 Å². The topological polar surface area (TPSA) is 64.4 Å². The number of nitrogens with zero attached hydrogens (tertiary/aromatic N) is 1. The Hall–Kier alpha value is -1.84. The van der Waals surface area contributed by atoms with Crippen LogP contribution in [0.1, 0.15) is 33.3 Å². The lowest BCUT2D eigenvalue weighted by Gasteiger charge is -2.05. The van der Waals surface area contributed by atoms with Gasteiger partial charge in [-0.2, -0.15) is 0 Å². The van der Waals surface area contributed by atoms with Crippen molar-refractivity contribution in [3.63, 3.8) is 0 Å². The van der Waals surface area contributed by atoms with Gasteiger partial charge in [-0.25, -0.2) is 4.39 Å². The summed E-state index contributed by atoms with van der Waals surface area (Å²) in [6.07, 6.45) is 2.88. The van der Waals surface area contributed by atoms with Crippen molar-refractivity contribution >= 4 is 17.5 Å². The first-order chi connectivity index (χ1) is 8.56. The van der Waals surface area contributed by atoms with Crippen LogP contribution in [0.15, 0.2) is 29.4 Å². The van der Waals surface area contributed by atoms with Crippen molar-refractivity contribution in [1.29, 1.82) is 0 Å². The molecule has 0 saturated heterocycles. The van der Waals surface area contributed by atoms with Gasteiger partial charge in [0.1, 0.15) is 0 Å². The van der Waals surface area contributed by atoms with E-state index >= 15 is 0 Å². The fraction of sp³-hybridized carbons (Fsp3) is 0.357. The molecule has 1 aromatic rings. The summed E-state index contributed by atoms with van der Waals surface area (Å²) in [5.74, 6) is -0.464. The Morgan fingerprint density at radius 1 is 1.33 bits per heavy atom. The highest BCUT2D eigenvalue weighted by atomic mass is 19.1. The Labute approximate surface area is 108 Å². The number of halogens is 1. The SMILES string of the molecule is CC.CC(C)N=C/C(=C\N)c1cccc(N)c1F. The van der Waals surface area contributed by atoms with E-state index in [-0.39, 0.29) is 11.7 Å². The summed E-state index contributed by atoms with van der Waals surface area (Å²) in [4.78, 5) is 4.16. The van der Waals surface area contributed by atoms with Gasteiger partial charge in [-0.15, -0.1) is 0 Å². The summed E-state index contributed by atoms with van der Waals surface area (Å²) in [5, 5.41) is 0. The minimum absolute atomic E-state index is 0.106. The second kappa shape index (κ2) is 8.28. The molecule has 0 bridgehead atoms. The summed E-state index contributed by atoms with van der Waals surface area (Å²) >= 11 is 0. The molecule has 0 aromatic heterocycles. The van der Waals surface area contributed by atoms with E-state index in [9.17, 15) is 4.39 Å². The molecule has 4 heteroatoms. The van der Waals surface area contributed by atoms with Crippen LogP contribution in [0.5, 0.6) is 0 Å². The molecule has 18 heavy (non-hydrogen) atoms. The lowest BCUT2D eigenvalue weighted by Crippen LogP contribution is -2.00. The predicted molar refractivity (Wildman–Crippen MR) is 78.0 cm³/mol. The van der Waals surface area contributed by atoms with E-state index in [1.807, 2.05) is 27.7 Å². The molecular formula is C14H22FN3. The zero-order valence-electron chi connectivity index (χ0n) is 11.4. The Balaban J connectivity index is 0.00000137. The van der Waals surface area contributed by atoms with Gasteiger partial charge in [0.2, 0.25) is 0 Å². The number of hydrogen-bond acceptors (Lipinski definition) is 3. The van der Waals surface area contributed by atoms with Crippen LogP contribution in [0.3, 0.4) is 0 Å². The molecule has 0 aliphatic rings. The molecule has 0 heterocycles. The molecule has 3 nitrogen and oxygen atoms in total. The normalized spacial score (nSPS) is 11.6. The van der Waals surface area contributed by atoms with Crippen molar-refractivity contribution < 1.29 is 4.39 Å². The number of nitrogen functional groups attached to an aromatic ring is 1. The average Bonchev–Trinajstić information content (AvgIpc) is 2.37. The van der Waals surface area contributed by atoms with Crippen LogP contribution in [0, 0.1) is 5.82 Å². The van der Waals surface area contributed by atoms with E-state index in [0.717, 1.165) is 0 Å². The minimum atomic E-state index is -0.464. The Morgan fingerprint density at radius 2 is 1.94 bits per heavy atom. The molecule has 0 unspecified atom stereocenters. The van der Waals surface area contributed by atoms with Gasteiger partial charge >= 0.3 is 0 Å². The highest BCUT2D eigenvalue weighted by Gasteiger charge is 2.08. The van der Waals surface area contributed by atoms with Crippen molar-refractivity contribution in [1.82, 2.24) is 0 Å². The average molecular weight is 251 g/mol. The summed E-state index contributed by atoms with van der Waals surface area (Å²) in [6.45, 7) is 7.86. The monoisotopic (exact) mass is 251 g/mol. The summed E-state index contributed by atoms with van der Waals surface area (Å²) in [7, 11) is 0. The first-order valence-corrected chi connectivity index (χ1v) is 6.05. The van der Waals surface area contributed by atoms with Gasteiger partial charge in [0.05, 0.1) is 5.69 Å². The molecule has 4 N–H and O–H groups in total. The van der Waals surface area contributed by atoms with Crippen molar-refractivity contribution in [2.45, 2.75) is 33.7 Å². The van der Waals surface area contributed by atoms with Gasteiger partial charge in [-0.05, 0) is 19.9 Å². The molecule has 100 valence electrons. The Morgan fingerprint density at radius 3 is 2.44 bits per heavy atom. The molecule has 0 aliphatic heterocycles. The van der Waals surface area contributed by atoms with Gasteiger partial charge in [-0.1, -0.05) is 26.0 Å². The third-order valence-corrected chi connectivity index (χ3v) is 2.03. The zero-order chi connectivity index (χ0) is 14.1. The van der Waals surface area contributed by atoms with E-state index in [0.29, 0.717) is 11.1 Å². The fourth-order valence-corrected chi connectivity index (χ4v) is 1.20. The predicted octanol–water partition coefficient (Wildman–Crippen LogP) is 3.21. The number of aliphatic imine (C=N–C) groups is 1. The molecule has 1 aromatic carbocycles. The standard InChI is InChI=1S/C12H16FN3.C2H6/c1-8(2)16-7-9(6-14)10-4-3-5-11(15)12(10)13;1-2/h3-8H,14-15H2,1-2H3;1-2H3/b9-6+,16-7?;. The largest absolute Gasteiger partial charge is 0.404 e. The maximum atomic E-state index is 13.7. The van der Waals surface area contributed by atoms with Crippen LogP contribution < -0.4 is 11.5 Å². The number of nitrogens with two attached hydrogens (primary N) is 2. The molecule has 0 aliphatic carbocycles. The van der Waals surface area contributed by atoms with Gasteiger partial charge < -0.3 is 11.5 Å². The number of hydrogen-bond donors (Lipinski definition) is 2. The van der Waals surface area contributed by atoms with Gasteiger partial charge in [0.25, 0.3) is 0 Å². The Kier molecular flexibility index (Phi) is 7.43. The summed E-state index contributed by atoms with van der Waals surface area (Å²) in [5.41, 5.74) is 11.9. The minimum Gasteiger partial charge on any atom is -0.404 e. The highest BCUT2D eigenvalue weighted by molar-refractivity contribution is 6.10. The van der Waals surface area contributed by atoms with Crippen LogP contribution in [-0.4, -0.2) is 12.3 Å². The number of allylic oxidation sites excluding steroid dienone is 1.